The fourth-order valence-corrected chi connectivity index (χ4v) is 10.1. The van der Waals surface area contributed by atoms with Gasteiger partial charge in [0.2, 0.25) is 0 Å². The minimum Gasteiger partial charge on any atom is -0.501 e. The summed E-state index contributed by atoms with van der Waals surface area (Å²) in [5, 5.41) is 4.40. The molecule has 0 aliphatic carbocycles. The molecule has 5 aromatic carbocycles. The maximum Gasteiger partial charge on any atom is 0.120 e. The molecule has 0 bridgehead atoms. The van der Waals surface area contributed by atoms with Gasteiger partial charge in [-0.3, -0.25) is 0 Å². The summed E-state index contributed by atoms with van der Waals surface area (Å²) in [5.41, 5.74) is 7.05. The molecule has 303 valence electrons. The molecule has 5 heteroatoms. The van der Waals surface area contributed by atoms with Crippen LogP contribution < -0.4 is 10.4 Å². The third-order valence-corrected chi connectivity index (χ3v) is 14.0. The van der Waals surface area contributed by atoms with Gasteiger partial charge in [0, 0.05) is 47.5 Å². The topological polar surface area (TPSA) is 38.9 Å². The van der Waals surface area contributed by atoms with Gasteiger partial charge in [0.15, 0.2) is 0 Å². The van der Waals surface area contributed by atoms with E-state index in [1.807, 2.05) is 119 Å². The zero-order valence-corrected chi connectivity index (χ0v) is 38.7. The van der Waals surface area contributed by atoms with Crippen LogP contribution in [0.4, 0.5) is 0 Å². The molecule has 8 aromatic rings. The Hall–Kier alpha value is -4.93. The summed E-state index contributed by atoms with van der Waals surface area (Å²) >= 11 is 0. The van der Waals surface area contributed by atoms with Crippen molar-refractivity contribution in [2.75, 3.05) is 0 Å². The molecule has 0 unspecified atom stereocenters. The van der Waals surface area contributed by atoms with Gasteiger partial charge < -0.3 is 14.4 Å². The third-order valence-electron chi connectivity index (χ3n) is 10.5. The molecule has 0 amide bonds. The van der Waals surface area contributed by atoms with Crippen molar-refractivity contribution in [2.45, 2.75) is 86.6 Å². The average molecular weight is 976 g/mol. The van der Waals surface area contributed by atoms with Crippen LogP contribution in [-0.4, -0.2) is 18.0 Å². The van der Waals surface area contributed by atoms with Crippen LogP contribution in [0.2, 0.25) is 13.1 Å². The molecule has 8 rings (SSSR count). The first-order chi connectivity index (χ1) is 30.3. The van der Waals surface area contributed by atoms with Gasteiger partial charge >= 0.3 is 0 Å². The molecular weight excluding hydrogens is 913 g/mol. The van der Waals surface area contributed by atoms with Gasteiger partial charge in [0.25, 0.3) is 0 Å². The zero-order chi connectivity index (χ0) is 47.3. The van der Waals surface area contributed by atoms with Gasteiger partial charge in [-0.15, -0.1) is 47.5 Å². The van der Waals surface area contributed by atoms with E-state index in [0.29, 0.717) is 16.8 Å². The van der Waals surface area contributed by atoms with E-state index < -0.39 is 38.5 Å². The first-order valence-corrected chi connectivity index (χ1v) is 22.8. The average Bonchev–Trinajstić information content (AvgIpc) is 3.65. The minimum atomic E-state index is -2.50. The summed E-state index contributed by atoms with van der Waals surface area (Å²) in [5.74, 6) is -1.41. The first kappa shape index (κ1) is 34.9. The quantitative estimate of drug-likeness (QED) is 0.112. The third kappa shape index (κ3) is 9.60. The Morgan fingerprint density at radius 3 is 2.15 bits per heavy atom. The Morgan fingerprint density at radius 1 is 0.797 bits per heavy atom. The Kier molecular flexibility index (Phi) is 10.7. The van der Waals surface area contributed by atoms with Crippen molar-refractivity contribution in [1.29, 1.82) is 0 Å². The molecule has 0 fully saturated rings. The van der Waals surface area contributed by atoms with Crippen LogP contribution in [0.1, 0.15) is 92.1 Å². The Morgan fingerprint density at radius 2 is 1.47 bits per heavy atom. The molecule has 0 saturated carbocycles. The van der Waals surface area contributed by atoms with E-state index >= 15 is 0 Å². The largest absolute Gasteiger partial charge is 0.501 e. The fraction of sp³-hybridized carbons (Fsp3) is 0.259. The Balaban J connectivity index is 0.000000220. The maximum absolute atomic E-state index is 8.85. The van der Waals surface area contributed by atoms with E-state index in [2.05, 4.69) is 60.5 Å². The molecule has 1 radical (unpaired) electrons. The maximum atomic E-state index is 8.85. The predicted molar refractivity (Wildman–Crippen MR) is 249 cm³/mol. The number of aromatic nitrogens is 2. The number of hydrogen-bond donors (Lipinski definition) is 0. The summed E-state index contributed by atoms with van der Waals surface area (Å²) in [4.78, 5) is 9.27. The van der Waals surface area contributed by atoms with Crippen LogP contribution in [-0.2, 0) is 26.5 Å². The minimum absolute atomic E-state index is 0. The van der Waals surface area contributed by atoms with Crippen molar-refractivity contribution in [3.05, 3.63) is 168 Å². The van der Waals surface area contributed by atoms with E-state index in [9.17, 15) is 0 Å². The standard InChI is InChI=1S/C29H26NO.C25H30NSi.Ir/c1-19-18-30-25(16-21(19)17-29(2,3)4)23-15-14-22(20-10-6-5-7-11-20)27-24-12-8-9-13-26(24)31-28(23)27;1-18(2)20-11-10-12-21(15-20)24-16-23(19(3)4)25(17-26-24)27(5,6)22-13-8-7-9-14-22;/h5-14,16,18H,17H2,1-4H3;7-11,13-19H,1-6H3;/q2*-1;/i1D3,17D2;18D,19D;. The van der Waals surface area contributed by atoms with E-state index in [1.165, 1.54) is 16.6 Å². The number of rotatable bonds is 8. The summed E-state index contributed by atoms with van der Waals surface area (Å²) < 4.78 is 65.2. The van der Waals surface area contributed by atoms with Crippen LogP contribution in [0.5, 0.6) is 0 Å². The molecule has 0 saturated heterocycles. The molecule has 0 spiro atoms. The van der Waals surface area contributed by atoms with Crippen molar-refractivity contribution in [2.24, 2.45) is 5.41 Å². The van der Waals surface area contributed by atoms with Crippen LogP contribution in [0.3, 0.4) is 0 Å². The zero-order valence-electron chi connectivity index (χ0n) is 42.3. The second-order valence-electron chi connectivity index (χ2n) is 16.8. The number of furan rings is 1. The number of pyridine rings is 2. The van der Waals surface area contributed by atoms with Crippen LogP contribution in [0.15, 0.2) is 138 Å². The van der Waals surface area contributed by atoms with Crippen LogP contribution in [0, 0.1) is 24.4 Å². The molecule has 3 heterocycles. The van der Waals surface area contributed by atoms with Crippen molar-refractivity contribution in [1.82, 2.24) is 9.97 Å². The first-order valence-electron chi connectivity index (χ1n) is 23.3. The molecule has 0 aliphatic rings. The van der Waals surface area contributed by atoms with Crippen molar-refractivity contribution in [3.63, 3.8) is 0 Å². The van der Waals surface area contributed by atoms with Crippen molar-refractivity contribution < 1.29 is 34.1 Å². The van der Waals surface area contributed by atoms with Gasteiger partial charge in [-0.05, 0) is 64.0 Å². The van der Waals surface area contributed by atoms with Gasteiger partial charge in [-0.1, -0.05) is 186 Å². The van der Waals surface area contributed by atoms with E-state index in [0.717, 1.165) is 49.9 Å². The monoisotopic (exact) mass is 976 g/mol. The van der Waals surface area contributed by atoms with Crippen molar-refractivity contribution >= 4 is 40.4 Å². The van der Waals surface area contributed by atoms with Gasteiger partial charge in [0.05, 0.1) is 5.58 Å². The molecule has 59 heavy (non-hydrogen) atoms. The molecular formula is C54H56IrN2OSi-2. The summed E-state index contributed by atoms with van der Waals surface area (Å²) in [6, 6.07) is 46.2. The van der Waals surface area contributed by atoms with Crippen LogP contribution >= 0.6 is 0 Å². The van der Waals surface area contributed by atoms with Crippen molar-refractivity contribution in [3.8, 4) is 33.6 Å². The fourth-order valence-electron chi connectivity index (χ4n) is 7.36. The Labute approximate surface area is 376 Å². The predicted octanol–water partition coefficient (Wildman–Crippen LogP) is 13.6. The molecule has 0 aliphatic heterocycles. The number of aryl methyl sites for hydroxylation is 1. The summed E-state index contributed by atoms with van der Waals surface area (Å²) in [7, 11) is -2.00. The summed E-state index contributed by atoms with van der Waals surface area (Å²) in [6.07, 6.45) is 1.33. The van der Waals surface area contributed by atoms with Gasteiger partial charge in [0.1, 0.15) is 13.7 Å². The number of hydrogen-bond acceptors (Lipinski definition) is 3. The van der Waals surface area contributed by atoms with E-state index in [4.69, 9.17) is 19.0 Å². The van der Waals surface area contributed by atoms with Crippen LogP contribution in [0.25, 0.3) is 55.6 Å². The summed E-state index contributed by atoms with van der Waals surface area (Å²) in [6.45, 7) is 15.1. The molecule has 0 N–H and O–H groups in total. The second kappa shape index (κ2) is 18.1. The molecule has 0 atom stereocenters. The molecule has 3 aromatic heterocycles. The normalized spacial score (nSPS) is 14.4. The van der Waals surface area contributed by atoms with Gasteiger partial charge in [-0.2, -0.15) is 0 Å². The second-order valence-corrected chi connectivity index (χ2v) is 21.2. The number of nitrogens with zero attached hydrogens (tertiary/aromatic N) is 2. The number of fused-ring (bicyclic) bond motifs is 3. The smallest absolute Gasteiger partial charge is 0.120 e. The van der Waals surface area contributed by atoms with Gasteiger partial charge in [-0.25, -0.2) is 0 Å². The SMILES string of the molecule is [2H]C(C)(C)c1cc[c-]c(-c2cc(C([2H])(C)C)c([Si](C)(C)c3ccccc3)cn2)c1.[2H]C([2H])([2H])c1cnc(-c2[c-]cc(-c3ccccc3)c3c2oc2ccccc23)cc1C([2H])([2H])C(C)(C)C.[Ir]. The molecule has 3 nitrogen and oxygen atoms in total. The van der Waals surface area contributed by atoms with E-state index in [1.54, 1.807) is 26.8 Å². The number of benzene rings is 5. The van der Waals surface area contributed by atoms with E-state index in [-0.39, 0.29) is 31.2 Å². The Bertz CT molecular complexity index is 2980. The number of para-hydroxylation sites is 1.